The molecule has 116 valence electrons. The second-order valence-electron chi connectivity index (χ2n) is 2.85. The van der Waals surface area contributed by atoms with E-state index >= 15 is 0 Å². The number of hydrogen-bond acceptors (Lipinski definition) is 7. The Balaban J connectivity index is -0.000000231. The van der Waals surface area contributed by atoms with Gasteiger partial charge in [-0.3, -0.25) is 0 Å². The predicted octanol–water partition coefficient (Wildman–Crippen LogP) is -0.711. The van der Waals surface area contributed by atoms with Crippen molar-refractivity contribution in [3.63, 3.8) is 0 Å². The maximum atomic E-state index is 9.61. The molecule has 9 nitrogen and oxygen atoms in total. The third-order valence-electron chi connectivity index (χ3n) is 1.26. The summed E-state index contributed by atoms with van der Waals surface area (Å²) in [5.74, 6) is -2.52. The molecule has 0 aromatic heterocycles. The molecule has 0 aliphatic heterocycles. The smallest absolute Gasteiger partial charge is 0.345 e. The van der Waals surface area contributed by atoms with Gasteiger partial charge >= 0.3 is 11.9 Å². The van der Waals surface area contributed by atoms with Crippen molar-refractivity contribution in [3.8, 4) is 12.1 Å². The van der Waals surface area contributed by atoms with Gasteiger partial charge in [0.2, 0.25) is 0 Å². The summed E-state index contributed by atoms with van der Waals surface area (Å²) in [6, 6.07) is 2.74. The molecule has 0 aromatic carbocycles. The number of carbonyl (C=O) groups is 2. The summed E-state index contributed by atoms with van der Waals surface area (Å²) in [6.07, 6.45) is 0. The van der Waals surface area contributed by atoms with Crippen LogP contribution in [0.2, 0.25) is 0 Å². The highest BCUT2D eigenvalue weighted by Crippen LogP contribution is 1.82. The lowest BCUT2D eigenvalue weighted by Gasteiger charge is -1.94. The number of aliphatic hydroxyl groups excluding tert-OH is 2. The van der Waals surface area contributed by atoms with Crippen LogP contribution >= 0.6 is 0 Å². The Morgan fingerprint density at radius 1 is 0.905 bits per heavy atom. The number of carboxylic acids is 2. The molecular formula is C12H16N2O7. The van der Waals surface area contributed by atoms with Crippen LogP contribution in [0.4, 0.5) is 0 Å². The van der Waals surface area contributed by atoms with E-state index in [1.165, 1.54) is 12.1 Å². The molecule has 0 rings (SSSR count). The van der Waals surface area contributed by atoms with Crippen molar-refractivity contribution in [2.24, 2.45) is 0 Å². The monoisotopic (exact) mass is 300 g/mol. The average molecular weight is 300 g/mol. The number of ether oxygens (including phenoxy) is 1. The van der Waals surface area contributed by atoms with Crippen molar-refractivity contribution >= 4 is 11.9 Å². The summed E-state index contributed by atoms with van der Waals surface area (Å²) in [5, 5.41) is 47.4. The molecule has 0 unspecified atom stereocenters. The first-order valence-electron chi connectivity index (χ1n) is 5.22. The van der Waals surface area contributed by atoms with E-state index in [1.807, 2.05) is 0 Å². The van der Waals surface area contributed by atoms with Gasteiger partial charge in [-0.05, 0) is 0 Å². The van der Waals surface area contributed by atoms with Gasteiger partial charge < -0.3 is 25.2 Å². The van der Waals surface area contributed by atoms with E-state index in [0.29, 0.717) is 13.2 Å². The van der Waals surface area contributed by atoms with E-state index in [4.69, 9.17) is 30.9 Å². The molecule has 0 fully saturated rings. The lowest BCUT2D eigenvalue weighted by Crippen LogP contribution is -2.03. The van der Waals surface area contributed by atoms with E-state index in [9.17, 15) is 9.59 Å². The second kappa shape index (κ2) is 17.3. The predicted molar refractivity (Wildman–Crippen MR) is 69.8 cm³/mol. The fourth-order valence-electron chi connectivity index (χ4n) is 0.327. The number of carboxylic acid groups (broad SMARTS) is 2. The summed E-state index contributed by atoms with van der Waals surface area (Å²) in [4.78, 5) is 19.2. The van der Waals surface area contributed by atoms with Gasteiger partial charge in [-0.1, -0.05) is 13.2 Å². The van der Waals surface area contributed by atoms with Crippen molar-refractivity contribution in [2.75, 3.05) is 26.4 Å². The number of rotatable bonds is 6. The zero-order chi connectivity index (χ0) is 17.3. The Labute approximate surface area is 121 Å². The van der Waals surface area contributed by atoms with Gasteiger partial charge in [0.25, 0.3) is 0 Å². The molecule has 0 spiro atoms. The molecule has 9 heteroatoms. The van der Waals surface area contributed by atoms with Crippen LogP contribution in [-0.2, 0) is 14.3 Å². The van der Waals surface area contributed by atoms with Crippen molar-refractivity contribution in [2.45, 2.75) is 0 Å². The van der Waals surface area contributed by atoms with Gasteiger partial charge in [0.05, 0.1) is 26.4 Å². The molecule has 4 N–H and O–H groups in total. The first-order chi connectivity index (χ1) is 9.78. The highest BCUT2D eigenvalue weighted by Gasteiger charge is 1.98. The molecule has 0 aromatic rings. The van der Waals surface area contributed by atoms with Gasteiger partial charge in [0.15, 0.2) is 0 Å². The number of nitrogens with zero attached hydrogens (tertiary/aromatic N) is 2. The Morgan fingerprint density at radius 2 is 1.19 bits per heavy atom. The van der Waals surface area contributed by atoms with E-state index in [1.54, 1.807) is 0 Å². The van der Waals surface area contributed by atoms with Gasteiger partial charge in [0.1, 0.15) is 23.3 Å². The van der Waals surface area contributed by atoms with Crippen LogP contribution in [0.3, 0.4) is 0 Å². The summed E-state index contributed by atoms with van der Waals surface area (Å²) >= 11 is 0. The molecule has 0 heterocycles. The van der Waals surface area contributed by atoms with Gasteiger partial charge in [-0.2, -0.15) is 10.5 Å². The minimum atomic E-state index is -1.26. The zero-order valence-electron chi connectivity index (χ0n) is 11.2. The Bertz CT molecular complexity index is 392. The van der Waals surface area contributed by atoms with Crippen LogP contribution in [0.15, 0.2) is 24.3 Å². The zero-order valence-corrected chi connectivity index (χ0v) is 11.2. The molecular weight excluding hydrogens is 284 g/mol. The van der Waals surface area contributed by atoms with E-state index in [2.05, 4.69) is 17.9 Å². The number of nitriles is 2. The minimum Gasteiger partial charge on any atom is -0.477 e. The minimum absolute atomic E-state index is 0.0278. The normalized spacial score (nSPS) is 7.62. The van der Waals surface area contributed by atoms with Crippen LogP contribution in [-0.4, -0.2) is 58.8 Å². The number of aliphatic hydroxyl groups is 2. The quantitative estimate of drug-likeness (QED) is 0.281. The van der Waals surface area contributed by atoms with Crippen molar-refractivity contribution in [3.05, 3.63) is 24.3 Å². The lowest BCUT2D eigenvalue weighted by molar-refractivity contribution is -0.133. The second-order valence-corrected chi connectivity index (χ2v) is 2.85. The summed E-state index contributed by atoms with van der Waals surface area (Å²) in [5.41, 5.74) is -0.861. The summed E-state index contributed by atoms with van der Waals surface area (Å²) in [6.45, 7) is 6.52. The Kier molecular flexibility index (Phi) is 19.2. The standard InChI is InChI=1S/2C4H3NO2.C4H10O3/c2*1-3(2-5)4(6)7;5-1-3-7-4-2-6/h2*1H2,(H,6,7);5-6H,1-4H2. The van der Waals surface area contributed by atoms with Gasteiger partial charge in [-0.25, -0.2) is 9.59 Å². The van der Waals surface area contributed by atoms with Crippen LogP contribution in [0.1, 0.15) is 0 Å². The first-order valence-corrected chi connectivity index (χ1v) is 5.22. The Hall–Kier alpha value is -2.72. The first kappa shape index (κ1) is 23.4. The molecule has 0 saturated carbocycles. The molecule has 0 aliphatic rings. The van der Waals surface area contributed by atoms with Gasteiger partial charge in [0, 0.05) is 0 Å². The molecule has 0 radical (unpaired) electrons. The molecule has 0 atom stereocenters. The fourth-order valence-corrected chi connectivity index (χ4v) is 0.327. The van der Waals surface area contributed by atoms with Crippen molar-refractivity contribution < 1.29 is 34.8 Å². The Morgan fingerprint density at radius 3 is 1.29 bits per heavy atom. The van der Waals surface area contributed by atoms with Crippen LogP contribution in [0.5, 0.6) is 0 Å². The highest BCUT2D eigenvalue weighted by molar-refractivity contribution is 5.90. The molecule has 0 saturated heterocycles. The van der Waals surface area contributed by atoms with E-state index in [0.717, 1.165) is 0 Å². The van der Waals surface area contributed by atoms with Gasteiger partial charge in [-0.15, -0.1) is 0 Å². The van der Waals surface area contributed by atoms with Crippen LogP contribution in [0, 0.1) is 22.7 Å². The fraction of sp³-hybridized carbons (Fsp3) is 0.333. The van der Waals surface area contributed by atoms with Crippen molar-refractivity contribution in [1.29, 1.82) is 10.5 Å². The van der Waals surface area contributed by atoms with Crippen LogP contribution < -0.4 is 0 Å². The maximum Gasteiger partial charge on any atom is 0.345 e. The summed E-state index contributed by atoms with van der Waals surface area (Å²) < 4.78 is 4.63. The maximum absolute atomic E-state index is 9.61. The summed E-state index contributed by atoms with van der Waals surface area (Å²) in [7, 11) is 0. The topological polar surface area (TPSA) is 172 Å². The molecule has 0 aliphatic carbocycles. The molecule has 0 bridgehead atoms. The third kappa shape index (κ3) is 22.9. The largest absolute Gasteiger partial charge is 0.477 e. The van der Waals surface area contributed by atoms with Crippen molar-refractivity contribution in [1.82, 2.24) is 0 Å². The third-order valence-corrected chi connectivity index (χ3v) is 1.26. The highest BCUT2D eigenvalue weighted by atomic mass is 16.5. The average Bonchev–Trinajstić information content (AvgIpc) is 2.47. The molecule has 21 heavy (non-hydrogen) atoms. The SMILES string of the molecule is C=C(C#N)C(=O)O.C=C(C#N)C(=O)O.OCCOCCO. The number of aliphatic carboxylic acids is 2. The lowest BCUT2D eigenvalue weighted by atomic mass is 10.4. The van der Waals surface area contributed by atoms with Crippen LogP contribution in [0.25, 0.3) is 0 Å². The number of hydrogen-bond donors (Lipinski definition) is 4. The van der Waals surface area contributed by atoms with E-state index in [-0.39, 0.29) is 13.2 Å². The molecule has 0 amide bonds. The van der Waals surface area contributed by atoms with E-state index < -0.39 is 23.1 Å².